The first kappa shape index (κ1) is 15.5. The van der Waals surface area contributed by atoms with Crippen LogP contribution in [0.4, 0.5) is 0 Å². The smallest absolute Gasteiger partial charge is 0.234 e. The molecule has 21 heavy (non-hydrogen) atoms. The van der Waals surface area contributed by atoms with Crippen LogP contribution in [-0.4, -0.2) is 41.1 Å². The third-order valence-electron chi connectivity index (χ3n) is 3.94. The number of nitrogens with one attached hydrogen (secondary N) is 1. The molecule has 1 aliphatic rings. The summed E-state index contributed by atoms with van der Waals surface area (Å²) in [5.74, 6) is -0.0336. The standard InChI is InChI=1S/C16H21N3O2/c1-13(14-5-3-2-4-6-14)18-15(20)11-19-9-7-16(21,12-17)8-10-19/h2-6,13,21H,7-11H2,1H3,(H,18,20). The summed E-state index contributed by atoms with van der Waals surface area (Å²) in [4.78, 5) is 14.0. The Kier molecular flexibility index (Phi) is 4.94. The third kappa shape index (κ3) is 4.28. The molecule has 0 radical (unpaired) electrons. The molecule has 0 bridgehead atoms. The number of rotatable bonds is 4. The van der Waals surface area contributed by atoms with Crippen LogP contribution in [0.1, 0.15) is 31.4 Å². The van der Waals surface area contributed by atoms with Crippen molar-refractivity contribution in [3.8, 4) is 6.07 Å². The average molecular weight is 287 g/mol. The van der Waals surface area contributed by atoms with E-state index in [1.54, 1.807) is 0 Å². The molecule has 1 aliphatic heterocycles. The van der Waals surface area contributed by atoms with Crippen molar-refractivity contribution in [3.63, 3.8) is 0 Å². The Hall–Kier alpha value is -1.90. The van der Waals surface area contributed by atoms with E-state index in [-0.39, 0.29) is 11.9 Å². The van der Waals surface area contributed by atoms with Crippen molar-refractivity contribution in [2.45, 2.75) is 31.4 Å². The molecule has 2 N–H and O–H groups in total. The Balaban J connectivity index is 1.80. The van der Waals surface area contributed by atoms with Crippen LogP contribution in [0.3, 0.4) is 0 Å². The Labute approximate surface area is 125 Å². The lowest BCUT2D eigenvalue weighted by molar-refractivity contribution is -0.123. The minimum Gasteiger partial charge on any atom is -0.375 e. The van der Waals surface area contributed by atoms with Crippen LogP contribution in [-0.2, 0) is 4.79 Å². The predicted octanol–water partition coefficient (Wildman–Crippen LogP) is 1.21. The largest absolute Gasteiger partial charge is 0.375 e. The van der Waals surface area contributed by atoms with Crippen LogP contribution < -0.4 is 5.32 Å². The molecule has 0 saturated carbocycles. The highest BCUT2D eigenvalue weighted by Gasteiger charge is 2.32. The zero-order valence-electron chi connectivity index (χ0n) is 12.2. The molecule has 1 aromatic carbocycles. The van der Waals surface area contributed by atoms with Crippen molar-refractivity contribution < 1.29 is 9.90 Å². The lowest BCUT2D eigenvalue weighted by Crippen LogP contribution is -2.47. The van der Waals surface area contributed by atoms with E-state index in [2.05, 4.69) is 5.32 Å². The Bertz CT molecular complexity index is 516. The molecule has 1 fully saturated rings. The fraction of sp³-hybridized carbons (Fsp3) is 0.500. The number of hydrogen-bond acceptors (Lipinski definition) is 4. The second-order valence-corrected chi connectivity index (χ2v) is 5.62. The average Bonchev–Trinajstić information content (AvgIpc) is 2.50. The van der Waals surface area contributed by atoms with Gasteiger partial charge in [0.15, 0.2) is 5.60 Å². The molecule has 1 unspecified atom stereocenters. The van der Waals surface area contributed by atoms with E-state index < -0.39 is 5.60 Å². The van der Waals surface area contributed by atoms with Gasteiger partial charge in [0.25, 0.3) is 0 Å². The first-order chi connectivity index (χ1) is 10.0. The minimum absolute atomic E-state index is 0.0282. The number of aliphatic hydroxyl groups is 1. The van der Waals surface area contributed by atoms with E-state index >= 15 is 0 Å². The molecule has 112 valence electrons. The summed E-state index contributed by atoms with van der Waals surface area (Å²) >= 11 is 0. The molecule has 1 atom stereocenters. The second-order valence-electron chi connectivity index (χ2n) is 5.62. The van der Waals surface area contributed by atoms with Crippen molar-refractivity contribution in [2.24, 2.45) is 0 Å². The van der Waals surface area contributed by atoms with Crippen molar-refractivity contribution in [1.29, 1.82) is 5.26 Å². The van der Waals surface area contributed by atoms with Crippen molar-refractivity contribution in [1.82, 2.24) is 10.2 Å². The molecule has 2 rings (SSSR count). The Morgan fingerprint density at radius 1 is 1.43 bits per heavy atom. The highest BCUT2D eigenvalue weighted by Crippen LogP contribution is 2.20. The number of nitriles is 1. The molecule has 5 heteroatoms. The predicted molar refractivity (Wildman–Crippen MR) is 79.2 cm³/mol. The van der Waals surface area contributed by atoms with E-state index in [4.69, 9.17) is 5.26 Å². The van der Waals surface area contributed by atoms with Gasteiger partial charge in [0, 0.05) is 25.9 Å². The number of likely N-dealkylation sites (tertiary alicyclic amines) is 1. The van der Waals surface area contributed by atoms with Crippen molar-refractivity contribution in [2.75, 3.05) is 19.6 Å². The first-order valence-electron chi connectivity index (χ1n) is 7.23. The molecule has 1 heterocycles. The summed E-state index contributed by atoms with van der Waals surface area (Å²) in [7, 11) is 0. The van der Waals surface area contributed by atoms with Crippen LogP contribution in [0.15, 0.2) is 30.3 Å². The van der Waals surface area contributed by atoms with E-state index in [1.165, 1.54) is 0 Å². The summed E-state index contributed by atoms with van der Waals surface area (Å²) in [6.45, 7) is 3.39. The maximum atomic E-state index is 12.0. The maximum Gasteiger partial charge on any atom is 0.234 e. The van der Waals surface area contributed by atoms with Gasteiger partial charge in [0.1, 0.15) is 0 Å². The summed E-state index contributed by atoms with van der Waals surface area (Å²) < 4.78 is 0. The molecule has 0 aliphatic carbocycles. The zero-order valence-corrected chi connectivity index (χ0v) is 12.2. The van der Waals surface area contributed by atoms with Gasteiger partial charge in [-0.05, 0) is 12.5 Å². The SMILES string of the molecule is CC(NC(=O)CN1CCC(O)(C#N)CC1)c1ccccc1. The van der Waals surface area contributed by atoms with Gasteiger partial charge in [-0.25, -0.2) is 0 Å². The fourth-order valence-electron chi connectivity index (χ4n) is 2.51. The number of amides is 1. The monoisotopic (exact) mass is 287 g/mol. The van der Waals surface area contributed by atoms with E-state index in [1.807, 2.05) is 48.2 Å². The van der Waals surface area contributed by atoms with Gasteiger partial charge in [-0.3, -0.25) is 9.69 Å². The van der Waals surface area contributed by atoms with Gasteiger partial charge in [-0.1, -0.05) is 30.3 Å². The number of benzene rings is 1. The molecule has 1 amide bonds. The summed E-state index contributed by atoms with van der Waals surface area (Å²) in [6.07, 6.45) is 0.788. The number of carbonyl (C=O) groups excluding carboxylic acids is 1. The van der Waals surface area contributed by atoms with E-state index in [9.17, 15) is 9.90 Å². The normalized spacial score (nSPS) is 19.5. The van der Waals surface area contributed by atoms with Gasteiger partial charge in [0.2, 0.25) is 5.91 Å². The quantitative estimate of drug-likeness (QED) is 0.816. The first-order valence-corrected chi connectivity index (χ1v) is 7.23. The number of carbonyl (C=O) groups is 1. The molecular weight excluding hydrogens is 266 g/mol. The second kappa shape index (κ2) is 6.70. The third-order valence-corrected chi connectivity index (χ3v) is 3.94. The van der Waals surface area contributed by atoms with E-state index in [0.717, 1.165) is 5.56 Å². The topological polar surface area (TPSA) is 76.4 Å². The Morgan fingerprint density at radius 3 is 2.62 bits per heavy atom. The molecule has 1 aromatic rings. The van der Waals surface area contributed by atoms with Crippen LogP contribution in [0.25, 0.3) is 0 Å². The van der Waals surface area contributed by atoms with Gasteiger partial charge < -0.3 is 10.4 Å². The van der Waals surface area contributed by atoms with E-state index in [0.29, 0.717) is 32.5 Å². The summed E-state index contributed by atoms with van der Waals surface area (Å²) in [5, 5.41) is 21.7. The number of nitrogens with zero attached hydrogens (tertiary/aromatic N) is 2. The molecule has 5 nitrogen and oxygen atoms in total. The lowest BCUT2D eigenvalue weighted by Gasteiger charge is -2.33. The van der Waals surface area contributed by atoms with Gasteiger partial charge in [-0.15, -0.1) is 0 Å². The highest BCUT2D eigenvalue weighted by atomic mass is 16.3. The molecule has 1 saturated heterocycles. The van der Waals surface area contributed by atoms with Crippen LogP contribution >= 0.6 is 0 Å². The van der Waals surface area contributed by atoms with Crippen LogP contribution in [0.2, 0.25) is 0 Å². The highest BCUT2D eigenvalue weighted by molar-refractivity contribution is 5.78. The van der Waals surface area contributed by atoms with Crippen LogP contribution in [0, 0.1) is 11.3 Å². The maximum absolute atomic E-state index is 12.0. The number of piperidine rings is 1. The fourth-order valence-corrected chi connectivity index (χ4v) is 2.51. The Morgan fingerprint density at radius 2 is 2.05 bits per heavy atom. The van der Waals surface area contributed by atoms with Gasteiger partial charge >= 0.3 is 0 Å². The van der Waals surface area contributed by atoms with Crippen LogP contribution in [0.5, 0.6) is 0 Å². The molecule has 0 aromatic heterocycles. The zero-order chi connectivity index (χ0) is 15.3. The number of hydrogen-bond donors (Lipinski definition) is 2. The van der Waals surface area contributed by atoms with Crippen molar-refractivity contribution in [3.05, 3.63) is 35.9 Å². The summed E-state index contributed by atoms with van der Waals surface area (Å²) in [5.41, 5.74) is -0.145. The molecule has 0 spiro atoms. The van der Waals surface area contributed by atoms with Gasteiger partial charge in [-0.2, -0.15) is 5.26 Å². The van der Waals surface area contributed by atoms with Gasteiger partial charge in [0.05, 0.1) is 18.7 Å². The lowest BCUT2D eigenvalue weighted by atomic mass is 9.93. The molecular formula is C16H21N3O2. The summed E-state index contributed by atoms with van der Waals surface area (Å²) in [6, 6.07) is 11.7. The minimum atomic E-state index is -1.22. The van der Waals surface area contributed by atoms with Crippen molar-refractivity contribution >= 4 is 5.91 Å².